The first-order chi connectivity index (χ1) is 20.7. The highest BCUT2D eigenvalue weighted by atomic mass is 79.9. The standard InChI is InChI=1S/C34H30Br2FN3O3/c1-5-42-31-14-21(4)26(17-25(31)20(2)3)33-39-30-13-9-7-11-24(30)34(41)40(33)38-18-22-15-27(35)32(28(36)16-22)43-19-23-10-6-8-12-29(23)37/h6-18,20H,5,19H2,1-4H3. The average molecular weight is 707 g/mol. The van der Waals surface area contributed by atoms with Gasteiger partial charge in [0.15, 0.2) is 5.82 Å². The minimum Gasteiger partial charge on any atom is -0.494 e. The zero-order valence-corrected chi connectivity index (χ0v) is 27.4. The van der Waals surface area contributed by atoms with Gasteiger partial charge < -0.3 is 9.47 Å². The molecule has 0 aliphatic heterocycles. The molecule has 43 heavy (non-hydrogen) atoms. The monoisotopic (exact) mass is 705 g/mol. The van der Waals surface area contributed by atoms with Crippen molar-refractivity contribution in [1.82, 2.24) is 9.66 Å². The van der Waals surface area contributed by atoms with Crippen LogP contribution in [0.3, 0.4) is 0 Å². The van der Waals surface area contributed by atoms with E-state index in [1.807, 2.05) is 56.3 Å². The molecule has 5 rings (SSSR count). The van der Waals surface area contributed by atoms with E-state index in [4.69, 9.17) is 14.5 Å². The van der Waals surface area contributed by atoms with Crippen LogP contribution < -0.4 is 15.0 Å². The molecule has 4 aromatic carbocycles. The van der Waals surface area contributed by atoms with Crippen molar-refractivity contribution in [3.8, 4) is 22.9 Å². The van der Waals surface area contributed by atoms with E-state index < -0.39 is 0 Å². The number of benzene rings is 4. The molecule has 0 radical (unpaired) electrons. The van der Waals surface area contributed by atoms with Gasteiger partial charge in [-0.2, -0.15) is 9.78 Å². The van der Waals surface area contributed by atoms with Crippen LogP contribution in [0.1, 0.15) is 48.9 Å². The summed E-state index contributed by atoms with van der Waals surface area (Å²) in [5.41, 5.74) is 4.21. The van der Waals surface area contributed by atoms with Crippen molar-refractivity contribution in [2.75, 3.05) is 6.61 Å². The molecular weight excluding hydrogens is 677 g/mol. The number of para-hydroxylation sites is 1. The highest BCUT2D eigenvalue weighted by Gasteiger charge is 2.19. The molecule has 0 aliphatic rings. The van der Waals surface area contributed by atoms with Gasteiger partial charge in [0.05, 0.1) is 32.7 Å². The van der Waals surface area contributed by atoms with Crippen molar-refractivity contribution in [3.05, 3.63) is 120 Å². The predicted octanol–water partition coefficient (Wildman–Crippen LogP) is 9.02. The number of aryl methyl sites for hydroxylation is 1. The molecule has 0 saturated carbocycles. The summed E-state index contributed by atoms with van der Waals surface area (Å²) in [5, 5.41) is 5.12. The third-order valence-corrected chi connectivity index (χ3v) is 8.12. The van der Waals surface area contributed by atoms with Gasteiger partial charge in [-0.3, -0.25) is 4.79 Å². The highest BCUT2D eigenvalue weighted by molar-refractivity contribution is 9.11. The van der Waals surface area contributed by atoms with Crippen LogP contribution >= 0.6 is 31.9 Å². The van der Waals surface area contributed by atoms with Crippen molar-refractivity contribution >= 4 is 49.0 Å². The fourth-order valence-corrected chi connectivity index (χ4v) is 6.21. The minimum atomic E-state index is -0.327. The molecular formula is C34H30Br2FN3O3. The summed E-state index contributed by atoms with van der Waals surface area (Å²) < 4.78 is 28.6. The summed E-state index contributed by atoms with van der Waals surface area (Å²) in [6.45, 7) is 8.78. The molecule has 1 heterocycles. The van der Waals surface area contributed by atoms with Crippen molar-refractivity contribution in [2.45, 2.75) is 40.2 Å². The quantitative estimate of drug-likeness (QED) is 0.144. The first-order valence-electron chi connectivity index (χ1n) is 13.9. The zero-order valence-electron chi connectivity index (χ0n) is 24.2. The first kappa shape index (κ1) is 30.6. The van der Waals surface area contributed by atoms with Gasteiger partial charge in [-0.15, -0.1) is 0 Å². The Balaban J connectivity index is 1.57. The fourth-order valence-electron chi connectivity index (χ4n) is 4.76. The van der Waals surface area contributed by atoms with Gasteiger partial charge in [0, 0.05) is 11.1 Å². The lowest BCUT2D eigenvalue weighted by atomic mass is 9.96. The number of aromatic nitrogens is 2. The van der Waals surface area contributed by atoms with Gasteiger partial charge in [-0.1, -0.05) is 44.2 Å². The molecule has 0 unspecified atom stereocenters. The van der Waals surface area contributed by atoms with Crippen molar-refractivity contribution in [1.29, 1.82) is 0 Å². The Morgan fingerprint density at radius 1 is 1.00 bits per heavy atom. The van der Waals surface area contributed by atoms with Gasteiger partial charge in [0.2, 0.25) is 0 Å². The van der Waals surface area contributed by atoms with Crippen LogP contribution in [0.2, 0.25) is 0 Å². The zero-order chi connectivity index (χ0) is 30.7. The van der Waals surface area contributed by atoms with Crippen LogP contribution in [0, 0.1) is 12.7 Å². The number of hydrogen-bond acceptors (Lipinski definition) is 5. The summed E-state index contributed by atoms with van der Waals surface area (Å²) in [6, 6.07) is 21.4. The van der Waals surface area contributed by atoms with Crippen LogP contribution in [-0.2, 0) is 6.61 Å². The topological polar surface area (TPSA) is 65.7 Å². The molecule has 0 saturated heterocycles. The molecule has 220 valence electrons. The SMILES string of the molecule is CCOc1cc(C)c(-c2nc3ccccc3c(=O)n2N=Cc2cc(Br)c(OCc3ccccc3F)c(Br)c2)cc1C(C)C. The number of rotatable bonds is 9. The smallest absolute Gasteiger partial charge is 0.282 e. The third-order valence-electron chi connectivity index (χ3n) is 6.95. The largest absolute Gasteiger partial charge is 0.494 e. The minimum absolute atomic E-state index is 0.0681. The summed E-state index contributed by atoms with van der Waals surface area (Å²) in [4.78, 5) is 18.7. The van der Waals surface area contributed by atoms with Crippen LogP contribution in [0.4, 0.5) is 4.39 Å². The highest BCUT2D eigenvalue weighted by Crippen LogP contribution is 2.36. The molecule has 6 nitrogen and oxygen atoms in total. The Hall–Kier alpha value is -3.82. The van der Waals surface area contributed by atoms with E-state index in [1.54, 1.807) is 30.5 Å². The molecule has 0 fully saturated rings. The second-order valence-electron chi connectivity index (χ2n) is 10.3. The lowest BCUT2D eigenvalue weighted by Crippen LogP contribution is -2.21. The average Bonchev–Trinajstić information content (AvgIpc) is 2.97. The van der Waals surface area contributed by atoms with Crippen molar-refractivity contribution in [2.24, 2.45) is 5.10 Å². The maximum absolute atomic E-state index is 14.1. The second-order valence-corrected chi connectivity index (χ2v) is 12.0. The Kier molecular flexibility index (Phi) is 9.42. The third kappa shape index (κ3) is 6.58. The maximum atomic E-state index is 14.1. The number of nitrogens with zero attached hydrogens (tertiary/aromatic N) is 3. The molecule has 0 spiro atoms. The van der Waals surface area contributed by atoms with E-state index in [0.717, 1.165) is 22.4 Å². The fraction of sp³-hybridized carbons (Fsp3) is 0.206. The molecule has 0 amide bonds. The van der Waals surface area contributed by atoms with Gasteiger partial charge in [-0.25, -0.2) is 9.37 Å². The Morgan fingerprint density at radius 2 is 1.70 bits per heavy atom. The number of halogens is 3. The van der Waals surface area contributed by atoms with Crippen LogP contribution in [0.15, 0.2) is 91.6 Å². The Bertz CT molecular complexity index is 1880. The maximum Gasteiger partial charge on any atom is 0.282 e. The first-order valence-corrected chi connectivity index (χ1v) is 15.5. The van der Waals surface area contributed by atoms with E-state index in [0.29, 0.717) is 49.2 Å². The lowest BCUT2D eigenvalue weighted by Gasteiger charge is -2.18. The van der Waals surface area contributed by atoms with E-state index in [2.05, 4.69) is 50.8 Å². The molecule has 0 atom stereocenters. The van der Waals surface area contributed by atoms with Gasteiger partial charge in [0.25, 0.3) is 5.56 Å². The van der Waals surface area contributed by atoms with Gasteiger partial charge in [-0.05, 0) is 111 Å². The van der Waals surface area contributed by atoms with Crippen LogP contribution in [0.5, 0.6) is 11.5 Å². The Labute approximate surface area is 266 Å². The van der Waals surface area contributed by atoms with Gasteiger partial charge >= 0.3 is 0 Å². The lowest BCUT2D eigenvalue weighted by molar-refractivity contribution is 0.296. The molecule has 0 bridgehead atoms. The van der Waals surface area contributed by atoms with Gasteiger partial charge in [0.1, 0.15) is 23.9 Å². The molecule has 1 aromatic heterocycles. The van der Waals surface area contributed by atoms with Crippen LogP contribution in [0.25, 0.3) is 22.3 Å². The Morgan fingerprint density at radius 3 is 2.40 bits per heavy atom. The van der Waals surface area contributed by atoms with E-state index in [-0.39, 0.29) is 23.9 Å². The predicted molar refractivity (Wildman–Crippen MR) is 177 cm³/mol. The van der Waals surface area contributed by atoms with E-state index >= 15 is 0 Å². The summed E-state index contributed by atoms with van der Waals surface area (Å²) in [6.07, 6.45) is 1.60. The molecule has 9 heteroatoms. The number of fused-ring (bicyclic) bond motifs is 1. The number of ether oxygens (including phenoxy) is 2. The summed E-state index contributed by atoms with van der Waals surface area (Å²) in [7, 11) is 0. The summed E-state index contributed by atoms with van der Waals surface area (Å²) in [5.74, 6) is 1.65. The second kappa shape index (κ2) is 13.2. The molecule has 0 aliphatic carbocycles. The van der Waals surface area contributed by atoms with E-state index in [9.17, 15) is 9.18 Å². The molecule has 0 N–H and O–H groups in total. The van der Waals surface area contributed by atoms with Crippen LogP contribution in [-0.4, -0.2) is 22.5 Å². The van der Waals surface area contributed by atoms with Crippen molar-refractivity contribution < 1.29 is 13.9 Å². The number of hydrogen-bond donors (Lipinski definition) is 0. The normalized spacial score (nSPS) is 11.5. The van der Waals surface area contributed by atoms with E-state index in [1.165, 1.54) is 10.7 Å². The van der Waals surface area contributed by atoms with Crippen molar-refractivity contribution in [3.63, 3.8) is 0 Å². The molecule has 5 aromatic rings. The summed E-state index contributed by atoms with van der Waals surface area (Å²) >= 11 is 7.12.